The zero-order chi connectivity index (χ0) is 13.5. The van der Waals surface area contributed by atoms with E-state index in [1.165, 1.54) is 64.2 Å². The van der Waals surface area contributed by atoms with E-state index >= 15 is 0 Å². The van der Waals surface area contributed by atoms with Crippen molar-refractivity contribution < 1.29 is 4.79 Å². The van der Waals surface area contributed by atoms with Gasteiger partial charge >= 0.3 is 6.03 Å². The average Bonchev–Trinajstić information content (AvgIpc) is 2.47. The Labute approximate surface area is 117 Å². The van der Waals surface area contributed by atoms with Crippen LogP contribution in [-0.2, 0) is 0 Å². The SMILES string of the molecule is C=CCNC(=O)N(C1CCCCC1)C1CCCCC1. The maximum absolute atomic E-state index is 12.5. The lowest BCUT2D eigenvalue weighted by molar-refractivity contribution is 0.105. The van der Waals surface area contributed by atoms with Gasteiger partial charge in [0.25, 0.3) is 0 Å². The van der Waals surface area contributed by atoms with Crippen LogP contribution in [0.2, 0.25) is 0 Å². The second-order valence-electron chi connectivity index (χ2n) is 5.97. The molecule has 0 spiro atoms. The molecular formula is C16H28N2O. The molecule has 3 heteroatoms. The zero-order valence-corrected chi connectivity index (χ0v) is 12.1. The van der Waals surface area contributed by atoms with Gasteiger partial charge in [0.15, 0.2) is 0 Å². The minimum Gasteiger partial charge on any atom is -0.335 e. The van der Waals surface area contributed by atoms with Crippen molar-refractivity contribution in [2.24, 2.45) is 0 Å². The number of hydrogen-bond donors (Lipinski definition) is 1. The van der Waals surface area contributed by atoms with E-state index in [0.29, 0.717) is 18.6 Å². The average molecular weight is 264 g/mol. The van der Waals surface area contributed by atoms with Crippen LogP contribution < -0.4 is 5.32 Å². The van der Waals surface area contributed by atoms with E-state index in [-0.39, 0.29) is 6.03 Å². The summed E-state index contributed by atoms with van der Waals surface area (Å²) < 4.78 is 0. The second kappa shape index (κ2) is 7.56. The van der Waals surface area contributed by atoms with E-state index in [1.54, 1.807) is 6.08 Å². The van der Waals surface area contributed by atoms with E-state index < -0.39 is 0 Å². The summed E-state index contributed by atoms with van der Waals surface area (Å²) in [7, 11) is 0. The molecule has 0 bridgehead atoms. The highest BCUT2D eigenvalue weighted by Crippen LogP contribution is 2.30. The molecule has 2 rings (SSSR count). The molecule has 19 heavy (non-hydrogen) atoms. The van der Waals surface area contributed by atoms with E-state index in [4.69, 9.17) is 0 Å². The normalized spacial score (nSPS) is 21.9. The molecule has 0 aromatic rings. The summed E-state index contributed by atoms with van der Waals surface area (Å²) in [5.74, 6) is 0. The number of carbonyl (C=O) groups is 1. The number of amides is 2. The fourth-order valence-corrected chi connectivity index (χ4v) is 3.60. The number of urea groups is 1. The van der Waals surface area contributed by atoms with Gasteiger partial charge in [0.2, 0.25) is 0 Å². The zero-order valence-electron chi connectivity index (χ0n) is 12.1. The van der Waals surface area contributed by atoms with Crippen LogP contribution in [0, 0.1) is 0 Å². The highest BCUT2D eigenvalue weighted by molar-refractivity contribution is 5.75. The summed E-state index contributed by atoms with van der Waals surface area (Å²) in [6.07, 6.45) is 14.3. The molecule has 2 fully saturated rings. The first-order valence-electron chi connectivity index (χ1n) is 8.00. The summed E-state index contributed by atoms with van der Waals surface area (Å²) >= 11 is 0. The molecule has 1 N–H and O–H groups in total. The largest absolute Gasteiger partial charge is 0.335 e. The van der Waals surface area contributed by atoms with Gasteiger partial charge < -0.3 is 10.2 Å². The van der Waals surface area contributed by atoms with Gasteiger partial charge in [-0.3, -0.25) is 0 Å². The third-order valence-corrected chi connectivity index (χ3v) is 4.57. The third kappa shape index (κ3) is 3.99. The van der Waals surface area contributed by atoms with Crippen LogP contribution in [0.15, 0.2) is 12.7 Å². The maximum Gasteiger partial charge on any atom is 0.318 e. The van der Waals surface area contributed by atoms with Crippen molar-refractivity contribution in [2.75, 3.05) is 6.54 Å². The molecule has 0 aromatic carbocycles. The third-order valence-electron chi connectivity index (χ3n) is 4.57. The van der Waals surface area contributed by atoms with Gasteiger partial charge in [-0.1, -0.05) is 44.6 Å². The number of nitrogens with zero attached hydrogens (tertiary/aromatic N) is 1. The molecule has 2 saturated carbocycles. The highest BCUT2D eigenvalue weighted by atomic mass is 16.2. The van der Waals surface area contributed by atoms with Gasteiger partial charge in [0.05, 0.1) is 0 Å². The van der Waals surface area contributed by atoms with Gasteiger partial charge in [-0.15, -0.1) is 6.58 Å². The van der Waals surface area contributed by atoms with Crippen molar-refractivity contribution in [2.45, 2.75) is 76.3 Å². The van der Waals surface area contributed by atoms with Gasteiger partial charge in [-0.2, -0.15) is 0 Å². The van der Waals surface area contributed by atoms with Crippen LogP contribution in [-0.4, -0.2) is 29.6 Å². The van der Waals surface area contributed by atoms with Gasteiger partial charge in [-0.25, -0.2) is 4.79 Å². The molecule has 0 atom stereocenters. The molecule has 2 aliphatic rings. The van der Waals surface area contributed by atoms with Crippen molar-refractivity contribution in [3.05, 3.63) is 12.7 Å². The Morgan fingerprint density at radius 1 is 1.00 bits per heavy atom. The predicted molar refractivity (Wildman–Crippen MR) is 79.2 cm³/mol. The predicted octanol–water partition coefficient (Wildman–Crippen LogP) is 3.85. The first-order valence-corrected chi connectivity index (χ1v) is 8.00. The Bertz CT molecular complexity index is 273. The van der Waals surface area contributed by atoms with E-state index in [1.807, 2.05) is 0 Å². The molecule has 3 nitrogen and oxygen atoms in total. The Morgan fingerprint density at radius 2 is 1.47 bits per heavy atom. The molecule has 0 unspecified atom stereocenters. The Kier molecular flexibility index (Phi) is 5.74. The van der Waals surface area contributed by atoms with Crippen LogP contribution in [0.25, 0.3) is 0 Å². The maximum atomic E-state index is 12.5. The van der Waals surface area contributed by atoms with Gasteiger partial charge in [-0.05, 0) is 25.7 Å². The Hall–Kier alpha value is -0.990. The topological polar surface area (TPSA) is 32.3 Å². The van der Waals surface area contributed by atoms with Crippen molar-refractivity contribution in [1.29, 1.82) is 0 Å². The quantitative estimate of drug-likeness (QED) is 0.769. The van der Waals surface area contributed by atoms with Gasteiger partial charge in [0.1, 0.15) is 0 Å². The minimum atomic E-state index is 0.138. The van der Waals surface area contributed by atoms with E-state index in [0.717, 1.165) is 0 Å². The second-order valence-corrected chi connectivity index (χ2v) is 5.97. The van der Waals surface area contributed by atoms with Crippen molar-refractivity contribution in [3.8, 4) is 0 Å². The van der Waals surface area contributed by atoms with E-state index in [2.05, 4.69) is 16.8 Å². The first kappa shape index (κ1) is 14.4. The molecule has 0 aliphatic heterocycles. The molecular weight excluding hydrogens is 236 g/mol. The molecule has 0 saturated heterocycles. The molecule has 0 radical (unpaired) electrons. The Morgan fingerprint density at radius 3 is 1.89 bits per heavy atom. The van der Waals surface area contributed by atoms with Crippen LogP contribution in [0.5, 0.6) is 0 Å². The number of rotatable bonds is 4. The van der Waals surface area contributed by atoms with Crippen LogP contribution in [0.1, 0.15) is 64.2 Å². The van der Waals surface area contributed by atoms with Crippen LogP contribution >= 0.6 is 0 Å². The summed E-state index contributed by atoms with van der Waals surface area (Å²) in [5, 5.41) is 3.00. The lowest BCUT2D eigenvalue weighted by atomic mass is 9.89. The summed E-state index contributed by atoms with van der Waals surface area (Å²) in [6, 6.07) is 1.09. The van der Waals surface area contributed by atoms with Crippen molar-refractivity contribution >= 4 is 6.03 Å². The number of hydrogen-bond acceptors (Lipinski definition) is 1. The van der Waals surface area contributed by atoms with Gasteiger partial charge in [0, 0.05) is 18.6 Å². The summed E-state index contributed by atoms with van der Waals surface area (Å²) in [5.41, 5.74) is 0. The molecule has 2 amide bonds. The van der Waals surface area contributed by atoms with Crippen molar-refractivity contribution in [1.82, 2.24) is 10.2 Å². The van der Waals surface area contributed by atoms with Crippen LogP contribution in [0.3, 0.4) is 0 Å². The smallest absolute Gasteiger partial charge is 0.318 e. The standard InChI is InChI=1S/C16H28N2O/c1-2-13-17-16(19)18(14-9-5-3-6-10-14)15-11-7-4-8-12-15/h2,14-15H,1,3-13H2,(H,17,19). The number of nitrogens with one attached hydrogen (secondary N) is 1. The van der Waals surface area contributed by atoms with E-state index in [9.17, 15) is 4.79 Å². The number of carbonyl (C=O) groups excluding carboxylic acids is 1. The van der Waals surface area contributed by atoms with Crippen molar-refractivity contribution in [3.63, 3.8) is 0 Å². The lowest BCUT2D eigenvalue weighted by Crippen LogP contribution is -2.52. The summed E-state index contributed by atoms with van der Waals surface area (Å²) in [6.45, 7) is 4.26. The highest BCUT2D eigenvalue weighted by Gasteiger charge is 2.32. The fraction of sp³-hybridized carbons (Fsp3) is 0.812. The summed E-state index contributed by atoms with van der Waals surface area (Å²) in [4.78, 5) is 14.7. The Balaban J connectivity index is 2.01. The fourth-order valence-electron chi connectivity index (χ4n) is 3.60. The molecule has 108 valence electrons. The lowest BCUT2D eigenvalue weighted by Gasteiger charge is -2.41. The molecule has 0 heterocycles. The monoisotopic (exact) mass is 264 g/mol. The first-order chi connectivity index (χ1) is 9.33. The molecule has 2 aliphatic carbocycles. The minimum absolute atomic E-state index is 0.138. The van der Waals surface area contributed by atoms with Crippen LogP contribution in [0.4, 0.5) is 4.79 Å². The molecule has 0 aromatic heterocycles.